The van der Waals surface area contributed by atoms with E-state index in [2.05, 4.69) is 19.2 Å². The Morgan fingerprint density at radius 1 is 0.545 bits per heavy atom. The van der Waals surface area contributed by atoms with Gasteiger partial charge in [-0.25, -0.2) is 0 Å². The summed E-state index contributed by atoms with van der Waals surface area (Å²) in [5, 5.41) is 54.2. The molecule has 6 N–H and O–H groups in total. The number of aliphatic hydroxyl groups excluding tert-OH is 5. The normalized spacial score (nSPS) is 21.2. The van der Waals surface area contributed by atoms with Crippen LogP contribution in [0.5, 0.6) is 0 Å². The first-order valence-electron chi connectivity index (χ1n) is 23.7. The second-order valence-corrected chi connectivity index (χ2v) is 16.9. The van der Waals surface area contributed by atoms with Crippen molar-refractivity contribution in [3.05, 3.63) is 0 Å². The summed E-state index contributed by atoms with van der Waals surface area (Å²) < 4.78 is 11.2. The van der Waals surface area contributed by atoms with Crippen molar-refractivity contribution in [3.63, 3.8) is 0 Å². The molecule has 0 aliphatic carbocycles. The summed E-state index contributed by atoms with van der Waals surface area (Å²) in [7, 11) is 0. The quantitative estimate of drug-likeness (QED) is 0.0337. The minimum atomic E-state index is -1.55. The van der Waals surface area contributed by atoms with Crippen molar-refractivity contribution in [1.29, 1.82) is 0 Å². The Morgan fingerprint density at radius 2 is 0.909 bits per heavy atom. The van der Waals surface area contributed by atoms with Crippen LogP contribution in [0.3, 0.4) is 0 Å². The predicted molar refractivity (Wildman–Crippen MR) is 226 cm³/mol. The van der Waals surface area contributed by atoms with Gasteiger partial charge in [-0.15, -0.1) is 0 Å². The van der Waals surface area contributed by atoms with Crippen LogP contribution in [0, 0.1) is 0 Å². The molecule has 0 radical (unpaired) electrons. The molecule has 1 aliphatic rings. The largest absolute Gasteiger partial charge is 0.394 e. The van der Waals surface area contributed by atoms with Crippen LogP contribution in [0.25, 0.3) is 0 Å². The van der Waals surface area contributed by atoms with Crippen LogP contribution >= 0.6 is 0 Å². The summed E-state index contributed by atoms with van der Waals surface area (Å²) in [6.45, 7) is 3.82. The first-order chi connectivity index (χ1) is 26.8. The van der Waals surface area contributed by atoms with Crippen LogP contribution in [0.4, 0.5) is 0 Å². The molecular formula is C46H91NO8. The maximum atomic E-state index is 12.9. The SMILES string of the molecule is CCCCCCCCCCCCCCCCCCCCCCCCCC(=O)N[C@@H](CO[C@H]1O[C@@H](CO)[C@H](O)C(O)C1O)[C@H](O)CCCCCCCCCCC. The zero-order valence-electron chi connectivity index (χ0n) is 36.0. The van der Waals surface area contributed by atoms with Gasteiger partial charge >= 0.3 is 0 Å². The van der Waals surface area contributed by atoms with Gasteiger partial charge in [-0.3, -0.25) is 4.79 Å². The Hall–Kier alpha value is -0.810. The number of carbonyl (C=O) groups is 1. The van der Waals surface area contributed by atoms with Gasteiger partial charge in [0, 0.05) is 6.42 Å². The third kappa shape index (κ3) is 28.3. The van der Waals surface area contributed by atoms with Crippen molar-refractivity contribution in [2.45, 2.75) is 275 Å². The van der Waals surface area contributed by atoms with E-state index in [0.717, 1.165) is 38.5 Å². The summed E-state index contributed by atoms with van der Waals surface area (Å²) in [6.07, 6.45) is 34.2. The summed E-state index contributed by atoms with van der Waals surface area (Å²) in [6, 6.07) is -0.710. The molecular weight excluding hydrogens is 695 g/mol. The van der Waals surface area contributed by atoms with Gasteiger partial charge < -0.3 is 40.3 Å². The fourth-order valence-corrected chi connectivity index (χ4v) is 7.87. The van der Waals surface area contributed by atoms with Crippen molar-refractivity contribution in [1.82, 2.24) is 5.32 Å². The van der Waals surface area contributed by atoms with E-state index in [0.29, 0.717) is 12.8 Å². The molecule has 7 atom stereocenters. The van der Waals surface area contributed by atoms with Crippen molar-refractivity contribution >= 4 is 5.91 Å². The molecule has 0 aromatic carbocycles. The number of hydrogen-bond donors (Lipinski definition) is 6. The Morgan fingerprint density at radius 3 is 1.29 bits per heavy atom. The third-order valence-electron chi connectivity index (χ3n) is 11.7. The van der Waals surface area contributed by atoms with Crippen molar-refractivity contribution in [2.24, 2.45) is 0 Å². The summed E-state index contributed by atoms with van der Waals surface area (Å²) in [5.74, 6) is -0.142. The molecule has 1 saturated heterocycles. The molecule has 0 saturated carbocycles. The highest BCUT2D eigenvalue weighted by Crippen LogP contribution is 2.23. The van der Waals surface area contributed by atoms with Gasteiger partial charge in [-0.1, -0.05) is 213 Å². The summed E-state index contributed by atoms with van der Waals surface area (Å²) in [4.78, 5) is 12.9. The van der Waals surface area contributed by atoms with Crippen LogP contribution in [0.1, 0.15) is 232 Å². The average molecular weight is 786 g/mol. The highest BCUT2D eigenvalue weighted by atomic mass is 16.7. The van der Waals surface area contributed by atoms with Crippen LogP contribution in [0.2, 0.25) is 0 Å². The van der Waals surface area contributed by atoms with Crippen LogP contribution < -0.4 is 5.32 Å². The van der Waals surface area contributed by atoms with E-state index < -0.39 is 49.5 Å². The van der Waals surface area contributed by atoms with E-state index in [1.54, 1.807) is 0 Å². The topological polar surface area (TPSA) is 149 Å². The molecule has 328 valence electrons. The lowest BCUT2D eigenvalue weighted by atomic mass is 9.99. The number of aliphatic hydroxyl groups is 5. The molecule has 1 rings (SSSR count). The summed E-state index contributed by atoms with van der Waals surface area (Å²) >= 11 is 0. The molecule has 0 spiro atoms. The Labute approximate surface area is 338 Å². The van der Waals surface area contributed by atoms with Gasteiger partial charge in [0.15, 0.2) is 6.29 Å². The number of amides is 1. The van der Waals surface area contributed by atoms with Gasteiger partial charge in [-0.2, -0.15) is 0 Å². The maximum Gasteiger partial charge on any atom is 0.220 e. The molecule has 0 aromatic rings. The van der Waals surface area contributed by atoms with Crippen LogP contribution in [-0.2, 0) is 14.3 Å². The highest BCUT2D eigenvalue weighted by Gasteiger charge is 2.44. The number of rotatable bonds is 40. The second kappa shape index (κ2) is 37.5. The van der Waals surface area contributed by atoms with E-state index in [4.69, 9.17) is 9.47 Å². The minimum absolute atomic E-state index is 0.133. The fraction of sp³-hybridized carbons (Fsp3) is 0.978. The second-order valence-electron chi connectivity index (χ2n) is 16.9. The van der Waals surface area contributed by atoms with Crippen LogP contribution in [-0.4, -0.2) is 87.5 Å². The fourth-order valence-electron chi connectivity index (χ4n) is 7.87. The maximum absolute atomic E-state index is 12.9. The molecule has 9 nitrogen and oxygen atoms in total. The molecule has 2 unspecified atom stereocenters. The zero-order valence-corrected chi connectivity index (χ0v) is 36.0. The number of nitrogens with one attached hydrogen (secondary N) is 1. The van der Waals surface area contributed by atoms with E-state index in [9.17, 15) is 30.3 Å². The molecule has 55 heavy (non-hydrogen) atoms. The van der Waals surface area contributed by atoms with Gasteiger partial charge in [0.25, 0.3) is 0 Å². The first kappa shape index (κ1) is 52.2. The Bertz CT molecular complexity index is 832. The van der Waals surface area contributed by atoms with E-state index in [1.165, 1.54) is 167 Å². The third-order valence-corrected chi connectivity index (χ3v) is 11.7. The lowest BCUT2D eigenvalue weighted by Gasteiger charge is -2.40. The van der Waals surface area contributed by atoms with Gasteiger partial charge in [-0.05, 0) is 12.8 Å². The lowest BCUT2D eigenvalue weighted by Crippen LogP contribution is -2.60. The minimum Gasteiger partial charge on any atom is -0.394 e. The molecule has 1 amide bonds. The van der Waals surface area contributed by atoms with Gasteiger partial charge in [0.1, 0.15) is 24.4 Å². The zero-order chi connectivity index (χ0) is 40.2. The summed E-state index contributed by atoms with van der Waals surface area (Å²) in [5.41, 5.74) is 0. The van der Waals surface area contributed by atoms with Gasteiger partial charge in [0.2, 0.25) is 5.91 Å². The Balaban J connectivity index is 2.19. The lowest BCUT2D eigenvalue weighted by molar-refractivity contribution is -0.302. The van der Waals surface area contributed by atoms with Gasteiger partial charge in [0.05, 0.1) is 25.4 Å². The van der Waals surface area contributed by atoms with E-state index >= 15 is 0 Å². The average Bonchev–Trinajstić information content (AvgIpc) is 3.18. The number of unbranched alkanes of at least 4 members (excludes halogenated alkanes) is 30. The first-order valence-corrected chi connectivity index (χ1v) is 23.7. The molecule has 9 heteroatoms. The Kier molecular flexibility index (Phi) is 35.6. The monoisotopic (exact) mass is 786 g/mol. The molecule has 1 aliphatic heterocycles. The molecule has 1 heterocycles. The van der Waals surface area contributed by atoms with E-state index in [-0.39, 0.29) is 12.5 Å². The van der Waals surface area contributed by atoms with Crippen LogP contribution in [0.15, 0.2) is 0 Å². The highest BCUT2D eigenvalue weighted by molar-refractivity contribution is 5.76. The van der Waals surface area contributed by atoms with Crippen molar-refractivity contribution < 1.29 is 39.8 Å². The van der Waals surface area contributed by atoms with Crippen molar-refractivity contribution in [3.8, 4) is 0 Å². The molecule has 0 bridgehead atoms. The number of hydrogen-bond acceptors (Lipinski definition) is 8. The standard InChI is InChI=1S/C46H91NO8/c1-3-5-7-9-11-13-14-15-16-17-18-19-20-21-22-23-24-25-26-28-30-32-34-36-42(50)47-39(40(49)35-33-31-29-27-12-10-8-6-4-2)38-54-46-45(53)44(52)43(51)41(37-48)55-46/h39-41,43-46,48-49,51-53H,3-38H2,1-2H3,(H,47,50)/t39-,40+,41-,43-,44?,45?,46-/m0/s1. The van der Waals surface area contributed by atoms with E-state index in [1.807, 2.05) is 0 Å². The smallest absolute Gasteiger partial charge is 0.220 e. The molecule has 1 fully saturated rings. The number of ether oxygens (including phenoxy) is 2. The van der Waals surface area contributed by atoms with Crippen molar-refractivity contribution in [2.75, 3.05) is 13.2 Å². The number of carbonyl (C=O) groups excluding carboxylic acids is 1. The predicted octanol–water partition coefficient (Wildman–Crippen LogP) is 9.95. The molecule has 0 aromatic heterocycles.